The summed E-state index contributed by atoms with van der Waals surface area (Å²) in [7, 11) is 0. The van der Waals surface area contributed by atoms with Crippen LogP contribution in [0, 0.1) is 0 Å². The molecule has 6 heteroatoms. The highest BCUT2D eigenvalue weighted by molar-refractivity contribution is 5.79. The lowest BCUT2D eigenvalue weighted by Crippen LogP contribution is -2.38. The second-order valence-electron chi connectivity index (χ2n) is 5.70. The molecule has 0 fully saturated rings. The molecule has 2 N–H and O–H groups in total. The molecule has 0 bridgehead atoms. The van der Waals surface area contributed by atoms with Crippen LogP contribution >= 0.6 is 0 Å². The Balaban J connectivity index is 1.56. The van der Waals surface area contributed by atoms with Gasteiger partial charge >= 0.3 is 0 Å². The van der Waals surface area contributed by atoms with E-state index < -0.39 is 0 Å². The summed E-state index contributed by atoms with van der Waals surface area (Å²) in [5.74, 6) is 1.37. The van der Waals surface area contributed by atoms with Crippen molar-refractivity contribution >= 4 is 5.96 Å². The first-order valence-electron chi connectivity index (χ1n) is 8.77. The zero-order valence-electron chi connectivity index (χ0n) is 14.9. The van der Waals surface area contributed by atoms with Crippen LogP contribution in [0.4, 0.5) is 0 Å². The molecular weight excluding hydrogens is 326 g/mol. The number of aromatic nitrogens is 2. The van der Waals surface area contributed by atoms with Crippen molar-refractivity contribution in [1.82, 2.24) is 20.6 Å². The molecule has 0 saturated heterocycles. The number of benzene rings is 1. The van der Waals surface area contributed by atoms with Crippen molar-refractivity contribution < 1.29 is 4.42 Å². The maximum Gasteiger partial charge on any atom is 0.226 e. The predicted octanol–water partition coefficient (Wildman–Crippen LogP) is 3.03. The van der Waals surface area contributed by atoms with Gasteiger partial charge < -0.3 is 15.1 Å². The predicted molar refractivity (Wildman–Crippen MR) is 103 cm³/mol. The SMILES string of the molecule is CCNC(=NCc1coc(-c2ccccc2)n1)NCCc1ccccn1. The summed E-state index contributed by atoms with van der Waals surface area (Å²) in [6.45, 7) is 4.05. The zero-order chi connectivity index (χ0) is 18.0. The molecule has 134 valence electrons. The molecule has 0 aliphatic rings. The number of guanidine groups is 1. The smallest absolute Gasteiger partial charge is 0.226 e. The molecule has 3 aromatic rings. The average molecular weight is 349 g/mol. The third-order valence-corrected chi connectivity index (χ3v) is 3.72. The van der Waals surface area contributed by atoms with Crippen LogP contribution < -0.4 is 10.6 Å². The highest BCUT2D eigenvalue weighted by Crippen LogP contribution is 2.18. The van der Waals surface area contributed by atoms with E-state index in [-0.39, 0.29) is 0 Å². The highest BCUT2D eigenvalue weighted by Gasteiger charge is 2.06. The normalized spacial score (nSPS) is 11.3. The van der Waals surface area contributed by atoms with Crippen LogP contribution in [-0.2, 0) is 13.0 Å². The number of hydrogen-bond donors (Lipinski definition) is 2. The molecule has 6 nitrogen and oxygen atoms in total. The molecular formula is C20H23N5O. The van der Waals surface area contributed by atoms with E-state index in [9.17, 15) is 0 Å². The quantitative estimate of drug-likeness (QED) is 0.506. The highest BCUT2D eigenvalue weighted by atomic mass is 16.3. The average Bonchev–Trinajstić information content (AvgIpc) is 3.17. The van der Waals surface area contributed by atoms with E-state index in [1.165, 1.54) is 0 Å². The molecule has 0 aliphatic carbocycles. The maximum atomic E-state index is 5.55. The number of rotatable bonds is 7. The van der Waals surface area contributed by atoms with Gasteiger partial charge in [0.25, 0.3) is 0 Å². The Bertz CT molecular complexity index is 814. The van der Waals surface area contributed by atoms with Gasteiger partial charge in [-0.05, 0) is 31.2 Å². The van der Waals surface area contributed by atoms with Gasteiger partial charge in [0.1, 0.15) is 12.0 Å². The molecule has 26 heavy (non-hydrogen) atoms. The molecule has 0 radical (unpaired) electrons. The Labute approximate surface area is 153 Å². The van der Waals surface area contributed by atoms with E-state index in [0.717, 1.165) is 42.4 Å². The monoisotopic (exact) mass is 349 g/mol. The van der Waals surface area contributed by atoms with Crippen molar-refractivity contribution in [2.75, 3.05) is 13.1 Å². The number of pyridine rings is 1. The minimum Gasteiger partial charge on any atom is -0.444 e. The minimum atomic E-state index is 0.454. The molecule has 0 unspecified atom stereocenters. The Kier molecular flexibility index (Phi) is 6.36. The van der Waals surface area contributed by atoms with Gasteiger partial charge in [-0.25, -0.2) is 9.98 Å². The lowest BCUT2D eigenvalue weighted by molar-refractivity contribution is 0.572. The molecule has 0 amide bonds. The largest absolute Gasteiger partial charge is 0.444 e. The Hall–Kier alpha value is -3.15. The van der Waals surface area contributed by atoms with E-state index in [1.807, 2.05) is 61.7 Å². The summed E-state index contributed by atoms with van der Waals surface area (Å²) in [6.07, 6.45) is 4.31. The second kappa shape index (κ2) is 9.36. The lowest BCUT2D eigenvalue weighted by Gasteiger charge is -2.10. The van der Waals surface area contributed by atoms with Crippen molar-refractivity contribution in [2.24, 2.45) is 4.99 Å². The Morgan fingerprint density at radius 1 is 1.04 bits per heavy atom. The van der Waals surface area contributed by atoms with E-state index in [1.54, 1.807) is 6.26 Å². The molecule has 2 heterocycles. The van der Waals surface area contributed by atoms with Gasteiger partial charge in [-0.2, -0.15) is 0 Å². The zero-order valence-corrected chi connectivity index (χ0v) is 14.9. The van der Waals surface area contributed by atoms with E-state index in [4.69, 9.17) is 4.42 Å². The van der Waals surface area contributed by atoms with Gasteiger partial charge in [0.15, 0.2) is 5.96 Å². The van der Waals surface area contributed by atoms with Crippen molar-refractivity contribution in [3.63, 3.8) is 0 Å². The molecule has 0 atom stereocenters. The van der Waals surface area contributed by atoms with E-state index >= 15 is 0 Å². The molecule has 0 saturated carbocycles. The molecule has 0 aliphatic heterocycles. The van der Waals surface area contributed by atoms with Crippen molar-refractivity contribution in [3.8, 4) is 11.5 Å². The van der Waals surface area contributed by atoms with Crippen LogP contribution in [0.2, 0.25) is 0 Å². The fraction of sp³-hybridized carbons (Fsp3) is 0.250. The van der Waals surface area contributed by atoms with E-state index in [0.29, 0.717) is 12.4 Å². The van der Waals surface area contributed by atoms with Gasteiger partial charge in [0, 0.05) is 37.0 Å². The van der Waals surface area contributed by atoms with Crippen LogP contribution in [0.5, 0.6) is 0 Å². The van der Waals surface area contributed by atoms with Gasteiger partial charge in [-0.1, -0.05) is 24.3 Å². The summed E-state index contributed by atoms with van der Waals surface area (Å²) < 4.78 is 5.55. The summed E-state index contributed by atoms with van der Waals surface area (Å²) >= 11 is 0. The molecule has 1 aromatic carbocycles. The molecule has 0 spiro atoms. The first-order valence-corrected chi connectivity index (χ1v) is 8.77. The Morgan fingerprint density at radius 2 is 1.88 bits per heavy atom. The minimum absolute atomic E-state index is 0.454. The summed E-state index contributed by atoms with van der Waals surface area (Å²) in [6, 6.07) is 15.8. The maximum absolute atomic E-state index is 5.55. The lowest BCUT2D eigenvalue weighted by atomic mass is 10.2. The standard InChI is InChI=1S/C20H23N5O/c1-2-21-20(23-13-11-17-10-6-7-12-22-17)24-14-18-15-26-19(25-18)16-8-4-3-5-9-16/h3-10,12,15H,2,11,13-14H2,1H3,(H2,21,23,24). The number of hydrogen-bond acceptors (Lipinski definition) is 4. The fourth-order valence-electron chi connectivity index (χ4n) is 2.45. The van der Waals surface area contributed by atoms with Crippen molar-refractivity contribution in [1.29, 1.82) is 0 Å². The number of oxazole rings is 1. The van der Waals surface area contributed by atoms with Crippen LogP contribution in [0.3, 0.4) is 0 Å². The second-order valence-corrected chi connectivity index (χ2v) is 5.70. The number of nitrogens with one attached hydrogen (secondary N) is 2. The van der Waals surface area contributed by atoms with Gasteiger partial charge in [-0.15, -0.1) is 0 Å². The molecule has 2 aromatic heterocycles. The Morgan fingerprint density at radius 3 is 2.65 bits per heavy atom. The van der Waals surface area contributed by atoms with Crippen LogP contribution in [0.1, 0.15) is 18.3 Å². The topological polar surface area (TPSA) is 75.3 Å². The fourth-order valence-corrected chi connectivity index (χ4v) is 2.45. The van der Waals surface area contributed by atoms with Crippen LogP contribution in [0.25, 0.3) is 11.5 Å². The first kappa shape index (κ1) is 17.7. The van der Waals surface area contributed by atoms with Crippen LogP contribution in [-0.4, -0.2) is 29.0 Å². The van der Waals surface area contributed by atoms with Crippen molar-refractivity contribution in [3.05, 3.63) is 72.4 Å². The number of nitrogens with zero attached hydrogens (tertiary/aromatic N) is 3. The first-order chi connectivity index (χ1) is 12.8. The van der Waals surface area contributed by atoms with E-state index in [2.05, 4.69) is 25.6 Å². The third-order valence-electron chi connectivity index (χ3n) is 3.72. The van der Waals surface area contributed by atoms with Gasteiger partial charge in [-0.3, -0.25) is 4.98 Å². The van der Waals surface area contributed by atoms with Crippen LogP contribution in [0.15, 0.2) is 70.4 Å². The summed E-state index contributed by atoms with van der Waals surface area (Å²) in [5, 5.41) is 6.56. The third kappa shape index (κ3) is 5.17. The number of aliphatic imine (C=N–C) groups is 1. The van der Waals surface area contributed by atoms with Gasteiger partial charge in [0.2, 0.25) is 5.89 Å². The van der Waals surface area contributed by atoms with Gasteiger partial charge in [0.05, 0.1) is 6.54 Å². The van der Waals surface area contributed by atoms with Crippen molar-refractivity contribution in [2.45, 2.75) is 19.9 Å². The molecule has 3 rings (SSSR count). The summed E-state index contributed by atoms with van der Waals surface area (Å²) in [5.41, 5.74) is 2.81. The summed E-state index contributed by atoms with van der Waals surface area (Å²) in [4.78, 5) is 13.4.